The van der Waals surface area contributed by atoms with E-state index in [9.17, 15) is 8.42 Å². The molecule has 10 nitrogen and oxygen atoms in total. The highest BCUT2D eigenvalue weighted by molar-refractivity contribution is 7.92. The molecule has 0 amide bonds. The number of sulfonamides is 1. The van der Waals surface area contributed by atoms with Gasteiger partial charge >= 0.3 is 0 Å². The lowest BCUT2D eigenvalue weighted by atomic mass is 10.2. The lowest BCUT2D eigenvalue weighted by molar-refractivity contribution is 0.311. The van der Waals surface area contributed by atoms with Crippen LogP contribution >= 0.6 is 0 Å². The van der Waals surface area contributed by atoms with Crippen molar-refractivity contribution in [2.24, 2.45) is 0 Å². The molecule has 0 atom stereocenters. The van der Waals surface area contributed by atoms with Crippen molar-refractivity contribution in [3.05, 3.63) is 60.5 Å². The Morgan fingerprint density at radius 1 is 1.05 bits per heavy atom. The molecule has 3 heterocycles. The Morgan fingerprint density at radius 2 is 1.82 bits per heavy atom. The predicted octanol–water partition coefficient (Wildman–Crippen LogP) is 4.12. The van der Waals surface area contributed by atoms with Crippen molar-refractivity contribution >= 4 is 55.6 Å². The standard InChI is InChI=1S/C26H31FN8O2S/c1-4-38(36,37)34(3)23-8-6-5-7-21(23)30-25-19-11-12-28-24(19)31-26(32-25)29-18-9-10-22(20(27)17-18)35-15-13-33(2)14-16-35/h5-12,17H,4,13-16H2,1-3H3,(H3,28,29,30,31,32). The minimum Gasteiger partial charge on any atom is -0.367 e. The second-order valence-corrected chi connectivity index (χ2v) is 11.5. The smallest absolute Gasteiger partial charge is 0.234 e. The fraction of sp³-hybridized carbons (Fsp3) is 0.308. The van der Waals surface area contributed by atoms with E-state index in [2.05, 4.69) is 42.4 Å². The van der Waals surface area contributed by atoms with Gasteiger partial charge in [0.15, 0.2) is 0 Å². The molecule has 3 N–H and O–H groups in total. The molecular formula is C26H31FN8O2S. The molecular weight excluding hydrogens is 507 g/mol. The molecule has 1 aliphatic heterocycles. The summed E-state index contributed by atoms with van der Waals surface area (Å²) in [4.78, 5) is 16.5. The minimum absolute atomic E-state index is 0.0222. The van der Waals surface area contributed by atoms with Gasteiger partial charge in [-0.05, 0) is 50.4 Å². The van der Waals surface area contributed by atoms with Gasteiger partial charge in [-0.3, -0.25) is 4.31 Å². The van der Waals surface area contributed by atoms with Crippen LogP contribution < -0.4 is 19.8 Å². The van der Waals surface area contributed by atoms with E-state index in [1.807, 2.05) is 18.2 Å². The molecule has 0 aliphatic carbocycles. The number of rotatable bonds is 8. The van der Waals surface area contributed by atoms with Gasteiger partial charge in [-0.25, -0.2) is 12.8 Å². The van der Waals surface area contributed by atoms with Gasteiger partial charge in [-0.15, -0.1) is 0 Å². The molecule has 12 heteroatoms. The van der Waals surface area contributed by atoms with Crippen LogP contribution in [0.3, 0.4) is 0 Å². The number of piperazine rings is 1. The third kappa shape index (κ3) is 5.22. The van der Waals surface area contributed by atoms with Gasteiger partial charge in [-0.2, -0.15) is 9.97 Å². The minimum atomic E-state index is -3.46. The first-order chi connectivity index (χ1) is 18.2. The average molecular weight is 539 g/mol. The number of aromatic amines is 1. The maximum atomic E-state index is 15.0. The number of benzene rings is 2. The molecule has 0 radical (unpaired) electrons. The Bertz CT molecular complexity index is 1550. The van der Waals surface area contributed by atoms with Crippen LogP contribution in [0.1, 0.15) is 6.92 Å². The number of nitrogens with one attached hydrogen (secondary N) is 3. The Kier molecular flexibility index (Phi) is 7.09. The van der Waals surface area contributed by atoms with E-state index in [1.165, 1.54) is 17.4 Å². The van der Waals surface area contributed by atoms with Gasteiger partial charge in [0.2, 0.25) is 16.0 Å². The first-order valence-corrected chi connectivity index (χ1v) is 14.0. The first-order valence-electron chi connectivity index (χ1n) is 12.4. The third-order valence-corrected chi connectivity index (χ3v) is 8.50. The van der Waals surface area contributed by atoms with Crippen molar-refractivity contribution in [2.75, 3.05) is 65.9 Å². The largest absolute Gasteiger partial charge is 0.367 e. The molecule has 5 rings (SSSR count). The molecule has 4 aromatic rings. The van der Waals surface area contributed by atoms with Crippen LogP contribution in [-0.2, 0) is 10.0 Å². The summed E-state index contributed by atoms with van der Waals surface area (Å²) in [5.74, 6) is 0.406. The fourth-order valence-corrected chi connectivity index (χ4v) is 5.28. The van der Waals surface area contributed by atoms with E-state index in [-0.39, 0.29) is 17.5 Å². The maximum absolute atomic E-state index is 15.0. The van der Waals surface area contributed by atoms with E-state index >= 15 is 4.39 Å². The van der Waals surface area contributed by atoms with Crippen molar-refractivity contribution in [1.82, 2.24) is 19.9 Å². The molecule has 2 aromatic heterocycles. The van der Waals surface area contributed by atoms with Crippen LogP contribution in [0.5, 0.6) is 0 Å². The summed E-state index contributed by atoms with van der Waals surface area (Å²) in [5.41, 5.74) is 2.74. The van der Waals surface area contributed by atoms with Crippen LogP contribution in [0.25, 0.3) is 11.0 Å². The number of para-hydroxylation sites is 2. The van der Waals surface area contributed by atoms with Crippen LogP contribution in [0.4, 0.5) is 38.9 Å². The van der Waals surface area contributed by atoms with Gasteiger partial charge < -0.3 is 25.4 Å². The van der Waals surface area contributed by atoms with Gasteiger partial charge in [0.1, 0.15) is 17.3 Å². The predicted molar refractivity (Wildman–Crippen MR) is 151 cm³/mol. The highest BCUT2D eigenvalue weighted by atomic mass is 32.2. The van der Waals surface area contributed by atoms with Gasteiger partial charge in [0.25, 0.3) is 0 Å². The van der Waals surface area contributed by atoms with E-state index in [4.69, 9.17) is 0 Å². The van der Waals surface area contributed by atoms with Crippen molar-refractivity contribution in [3.8, 4) is 0 Å². The molecule has 0 unspecified atom stereocenters. The number of aromatic nitrogens is 3. The Labute approximate surface area is 221 Å². The monoisotopic (exact) mass is 538 g/mol. The highest BCUT2D eigenvalue weighted by Gasteiger charge is 2.20. The second-order valence-electron chi connectivity index (χ2n) is 9.23. The zero-order chi connectivity index (χ0) is 26.9. The number of likely N-dealkylation sites (N-methyl/N-ethyl adjacent to an activating group) is 1. The summed E-state index contributed by atoms with van der Waals surface area (Å²) < 4.78 is 41.3. The zero-order valence-electron chi connectivity index (χ0n) is 21.6. The van der Waals surface area contributed by atoms with Crippen LogP contribution in [0.15, 0.2) is 54.7 Å². The zero-order valence-corrected chi connectivity index (χ0v) is 22.4. The van der Waals surface area contributed by atoms with Gasteiger partial charge in [0.05, 0.1) is 28.2 Å². The SMILES string of the molecule is CCS(=O)(=O)N(C)c1ccccc1Nc1nc(Nc2ccc(N3CCN(C)CC3)c(F)c2)nc2[nH]ccc12. The molecule has 38 heavy (non-hydrogen) atoms. The summed E-state index contributed by atoms with van der Waals surface area (Å²) in [7, 11) is 0.126. The molecule has 0 spiro atoms. The first kappa shape index (κ1) is 25.7. The Morgan fingerprint density at radius 3 is 2.55 bits per heavy atom. The number of hydrogen-bond donors (Lipinski definition) is 3. The quantitative estimate of drug-likeness (QED) is 0.307. The molecule has 200 valence electrons. The number of fused-ring (bicyclic) bond motifs is 1. The highest BCUT2D eigenvalue weighted by Crippen LogP contribution is 2.33. The van der Waals surface area contributed by atoms with Crippen molar-refractivity contribution in [2.45, 2.75) is 6.92 Å². The summed E-state index contributed by atoms with van der Waals surface area (Å²) in [5, 5.41) is 7.10. The Balaban J connectivity index is 1.43. The van der Waals surface area contributed by atoms with Crippen LogP contribution in [-0.4, -0.2) is 74.3 Å². The number of nitrogens with zero attached hydrogens (tertiary/aromatic N) is 5. The van der Waals surface area contributed by atoms with Gasteiger partial charge in [-0.1, -0.05) is 12.1 Å². The average Bonchev–Trinajstić information content (AvgIpc) is 3.38. The number of H-pyrrole nitrogens is 1. The summed E-state index contributed by atoms with van der Waals surface area (Å²) in [6.07, 6.45) is 1.75. The molecule has 0 saturated carbocycles. The van der Waals surface area contributed by atoms with Crippen molar-refractivity contribution < 1.29 is 12.8 Å². The molecule has 0 bridgehead atoms. The Hall–Kier alpha value is -3.90. The van der Waals surface area contributed by atoms with Crippen LogP contribution in [0.2, 0.25) is 0 Å². The normalized spacial score (nSPS) is 14.6. The molecule has 2 aromatic carbocycles. The summed E-state index contributed by atoms with van der Waals surface area (Å²) >= 11 is 0. The van der Waals surface area contributed by atoms with E-state index in [0.717, 1.165) is 31.6 Å². The lowest BCUT2D eigenvalue weighted by Gasteiger charge is -2.34. The molecule has 1 saturated heterocycles. The number of hydrogen-bond acceptors (Lipinski definition) is 8. The molecule has 1 fully saturated rings. The van der Waals surface area contributed by atoms with Crippen molar-refractivity contribution in [1.29, 1.82) is 0 Å². The summed E-state index contributed by atoms with van der Waals surface area (Å²) in [6.45, 7) is 4.94. The lowest BCUT2D eigenvalue weighted by Crippen LogP contribution is -2.44. The fourth-order valence-electron chi connectivity index (χ4n) is 4.43. The number of halogens is 1. The maximum Gasteiger partial charge on any atom is 0.234 e. The third-order valence-electron chi connectivity index (χ3n) is 6.74. The second kappa shape index (κ2) is 10.5. The van der Waals surface area contributed by atoms with Crippen molar-refractivity contribution in [3.63, 3.8) is 0 Å². The topological polar surface area (TPSA) is 109 Å². The van der Waals surface area contributed by atoms with E-state index in [0.29, 0.717) is 34.2 Å². The number of anilines is 6. The molecule has 1 aliphatic rings. The van der Waals surface area contributed by atoms with Gasteiger partial charge in [0, 0.05) is 45.1 Å². The van der Waals surface area contributed by atoms with E-state index in [1.54, 1.807) is 37.4 Å². The van der Waals surface area contributed by atoms with Crippen LogP contribution in [0, 0.1) is 5.82 Å². The summed E-state index contributed by atoms with van der Waals surface area (Å²) in [6, 6.07) is 14.0. The van der Waals surface area contributed by atoms with E-state index < -0.39 is 10.0 Å².